The van der Waals surface area contributed by atoms with Gasteiger partial charge in [0.05, 0.1) is 11.2 Å². The summed E-state index contributed by atoms with van der Waals surface area (Å²) in [5.74, 6) is 0.267. The van der Waals surface area contributed by atoms with Crippen LogP contribution in [-0.4, -0.2) is 11.4 Å². The zero-order chi connectivity index (χ0) is 15.1. The van der Waals surface area contributed by atoms with E-state index in [0.717, 1.165) is 11.3 Å². The SMILES string of the molecule is NC(=NN=Cc1ccc(F)c(Cl)c1)SCc1ccccc1. The van der Waals surface area contributed by atoms with Crippen molar-refractivity contribution in [3.63, 3.8) is 0 Å². The zero-order valence-electron chi connectivity index (χ0n) is 11.0. The van der Waals surface area contributed by atoms with Crippen LogP contribution in [0.25, 0.3) is 0 Å². The predicted octanol–water partition coefficient (Wildman–Crippen LogP) is 4.06. The van der Waals surface area contributed by atoms with Gasteiger partial charge >= 0.3 is 0 Å². The Morgan fingerprint density at radius 2 is 2.00 bits per heavy atom. The summed E-state index contributed by atoms with van der Waals surface area (Å²) in [6.07, 6.45) is 1.47. The van der Waals surface area contributed by atoms with E-state index >= 15 is 0 Å². The molecule has 0 spiro atoms. The van der Waals surface area contributed by atoms with E-state index < -0.39 is 5.82 Å². The van der Waals surface area contributed by atoms with Crippen LogP contribution in [0.2, 0.25) is 5.02 Å². The number of hydrogen-bond acceptors (Lipinski definition) is 3. The van der Waals surface area contributed by atoms with Crippen LogP contribution in [0.1, 0.15) is 11.1 Å². The molecule has 0 saturated carbocycles. The van der Waals surface area contributed by atoms with Gasteiger partial charge in [0.25, 0.3) is 0 Å². The third kappa shape index (κ3) is 5.21. The van der Waals surface area contributed by atoms with Gasteiger partial charge in [-0.15, -0.1) is 5.10 Å². The lowest BCUT2D eigenvalue weighted by Crippen LogP contribution is -2.05. The number of nitrogens with two attached hydrogens (primary N) is 1. The highest BCUT2D eigenvalue weighted by atomic mass is 35.5. The van der Waals surface area contributed by atoms with Gasteiger partial charge in [-0.25, -0.2) is 4.39 Å². The smallest absolute Gasteiger partial charge is 0.180 e. The third-order valence-corrected chi connectivity index (χ3v) is 3.68. The molecule has 2 N–H and O–H groups in total. The van der Waals surface area contributed by atoms with Crippen molar-refractivity contribution in [1.82, 2.24) is 0 Å². The molecule has 0 amide bonds. The van der Waals surface area contributed by atoms with Gasteiger partial charge in [-0.3, -0.25) is 0 Å². The van der Waals surface area contributed by atoms with E-state index in [-0.39, 0.29) is 5.02 Å². The fourth-order valence-corrected chi connectivity index (χ4v) is 2.31. The summed E-state index contributed by atoms with van der Waals surface area (Å²) in [5, 5.41) is 8.15. The summed E-state index contributed by atoms with van der Waals surface area (Å²) < 4.78 is 13.0. The van der Waals surface area contributed by atoms with Crippen LogP contribution in [-0.2, 0) is 5.75 Å². The molecule has 0 fully saturated rings. The Bertz CT molecular complexity index is 659. The largest absolute Gasteiger partial charge is 0.377 e. The number of benzene rings is 2. The second-order valence-electron chi connectivity index (χ2n) is 4.13. The highest BCUT2D eigenvalue weighted by Crippen LogP contribution is 2.15. The normalized spacial score (nSPS) is 12.0. The molecule has 0 bridgehead atoms. The summed E-state index contributed by atoms with van der Waals surface area (Å²) in [4.78, 5) is 0. The van der Waals surface area contributed by atoms with Gasteiger partial charge in [-0.1, -0.05) is 59.8 Å². The fourth-order valence-electron chi connectivity index (χ4n) is 1.51. The molecule has 0 aromatic heterocycles. The van der Waals surface area contributed by atoms with Gasteiger partial charge in [0.15, 0.2) is 5.17 Å². The number of hydrogen-bond donors (Lipinski definition) is 1. The maximum Gasteiger partial charge on any atom is 0.180 e. The monoisotopic (exact) mass is 321 g/mol. The Morgan fingerprint density at radius 3 is 2.71 bits per heavy atom. The van der Waals surface area contributed by atoms with Gasteiger partial charge in [0.1, 0.15) is 5.82 Å². The average molecular weight is 322 g/mol. The van der Waals surface area contributed by atoms with Gasteiger partial charge < -0.3 is 5.73 Å². The molecular weight excluding hydrogens is 309 g/mol. The van der Waals surface area contributed by atoms with E-state index in [1.807, 2.05) is 30.3 Å². The standard InChI is InChI=1S/C15H13ClFN3S/c16-13-8-12(6-7-14(13)17)9-19-20-15(18)21-10-11-4-2-1-3-5-11/h1-9H,10H2,(H2,18,20). The van der Waals surface area contributed by atoms with Crippen molar-refractivity contribution < 1.29 is 4.39 Å². The fraction of sp³-hybridized carbons (Fsp3) is 0.0667. The molecule has 2 aromatic rings. The maximum absolute atomic E-state index is 13.0. The van der Waals surface area contributed by atoms with E-state index in [2.05, 4.69) is 10.2 Å². The van der Waals surface area contributed by atoms with Crippen molar-refractivity contribution in [1.29, 1.82) is 0 Å². The van der Waals surface area contributed by atoms with E-state index in [9.17, 15) is 4.39 Å². The lowest BCUT2D eigenvalue weighted by atomic mass is 10.2. The number of amidine groups is 1. The predicted molar refractivity (Wildman–Crippen MR) is 88.4 cm³/mol. The summed E-state index contributed by atoms with van der Waals surface area (Å²) >= 11 is 7.07. The second-order valence-corrected chi connectivity index (χ2v) is 5.53. The molecule has 0 radical (unpaired) electrons. The molecular formula is C15H13ClFN3S. The van der Waals surface area contributed by atoms with Crippen molar-refractivity contribution in [2.75, 3.05) is 0 Å². The molecule has 3 nitrogen and oxygen atoms in total. The zero-order valence-corrected chi connectivity index (χ0v) is 12.6. The van der Waals surface area contributed by atoms with Crippen molar-refractivity contribution >= 4 is 34.7 Å². The highest BCUT2D eigenvalue weighted by molar-refractivity contribution is 8.13. The topological polar surface area (TPSA) is 50.7 Å². The first-order chi connectivity index (χ1) is 10.1. The third-order valence-electron chi connectivity index (χ3n) is 2.54. The number of thioether (sulfide) groups is 1. The molecule has 6 heteroatoms. The van der Waals surface area contributed by atoms with Gasteiger partial charge in [-0.05, 0) is 23.3 Å². The first-order valence-corrected chi connectivity index (χ1v) is 7.50. The minimum Gasteiger partial charge on any atom is -0.377 e. The van der Waals surface area contributed by atoms with Crippen molar-refractivity contribution in [2.45, 2.75) is 5.75 Å². The summed E-state index contributed by atoms with van der Waals surface area (Å²) in [6, 6.07) is 14.3. The maximum atomic E-state index is 13.0. The van der Waals surface area contributed by atoms with Crippen molar-refractivity contribution in [3.8, 4) is 0 Å². The summed E-state index contributed by atoms with van der Waals surface area (Å²) in [5.41, 5.74) is 7.57. The van der Waals surface area contributed by atoms with Crippen molar-refractivity contribution in [2.24, 2.45) is 15.9 Å². The molecule has 0 heterocycles. The van der Waals surface area contributed by atoms with E-state index in [0.29, 0.717) is 10.7 Å². The van der Waals surface area contributed by atoms with E-state index in [1.165, 1.54) is 30.1 Å². The number of nitrogens with zero attached hydrogens (tertiary/aromatic N) is 2. The van der Waals surface area contributed by atoms with Gasteiger partial charge in [-0.2, -0.15) is 5.10 Å². The number of halogens is 2. The van der Waals surface area contributed by atoms with E-state index in [4.69, 9.17) is 17.3 Å². The quantitative estimate of drug-likeness (QED) is 0.524. The molecule has 0 atom stereocenters. The summed E-state index contributed by atoms with van der Waals surface area (Å²) in [6.45, 7) is 0. The molecule has 0 aliphatic rings. The molecule has 2 aromatic carbocycles. The van der Waals surface area contributed by atoms with Crippen LogP contribution < -0.4 is 5.73 Å². The lowest BCUT2D eigenvalue weighted by molar-refractivity contribution is 0.628. The minimum atomic E-state index is -0.463. The Kier molecular flexibility index (Phi) is 5.78. The van der Waals surface area contributed by atoms with E-state index in [1.54, 1.807) is 6.07 Å². The molecule has 0 unspecified atom stereocenters. The average Bonchev–Trinajstić information content (AvgIpc) is 2.50. The van der Waals surface area contributed by atoms with Crippen LogP contribution in [0.5, 0.6) is 0 Å². The van der Waals surface area contributed by atoms with Crippen LogP contribution in [0.3, 0.4) is 0 Å². The van der Waals surface area contributed by atoms with Gasteiger partial charge in [0.2, 0.25) is 0 Å². The molecule has 0 saturated heterocycles. The van der Waals surface area contributed by atoms with Crippen LogP contribution in [0, 0.1) is 5.82 Å². The summed E-state index contributed by atoms with van der Waals surface area (Å²) in [7, 11) is 0. The lowest BCUT2D eigenvalue weighted by Gasteiger charge is -1.99. The van der Waals surface area contributed by atoms with Crippen LogP contribution in [0.4, 0.5) is 4.39 Å². The molecule has 2 rings (SSSR count). The Hall–Kier alpha value is -1.85. The van der Waals surface area contributed by atoms with Crippen molar-refractivity contribution in [3.05, 3.63) is 70.5 Å². The Labute approximate surface area is 131 Å². The molecule has 108 valence electrons. The van der Waals surface area contributed by atoms with Crippen LogP contribution >= 0.6 is 23.4 Å². The first kappa shape index (κ1) is 15.5. The van der Waals surface area contributed by atoms with Gasteiger partial charge in [0, 0.05) is 5.75 Å². The first-order valence-electron chi connectivity index (χ1n) is 6.13. The second kappa shape index (κ2) is 7.81. The Morgan fingerprint density at radius 1 is 1.24 bits per heavy atom. The van der Waals surface area contributed by atoms with Crippen LogP contribution in [0.15, 0.2) is 58.7 Å². The highest BCUT2D eigenvalue weighted by Gasteiger charge is 1.99. The molecule has 0 aliphatic heterocycles. The minimum absolute atomic E-state index is 0.0503. The Balaban J connectivity index is 1.90. The number of rotatable bonds is 4. The molecule has 0 aliphatic carbocycles. The molecule has 21 heavy (non-hydrogen) atoms.